The molecular weight excluding hydrogens is 946 g/mol. The van der Waals surface area contributed by atoms with Crippen LogP contribution in [0.2, 0.25) is 0 Å². The summed E-state index contributed by atoms with van der Waals surface area (Å²) >= 11 is 0. The molecule has 0 rings (SSSR count). The van der Waals surface area contributed by atoms with Gasteiger partial charge >= 0.3 is 39.5 Å². The second kappa shape index (κ2) is 45.7. The maximum atomic E-state index is 12.8. The molecular formula is C51H98O17P2. The van der Waals surface area contributed by atoms with Crippen LogP contribution in [0.25, 0.3) is 0 Å². The van der Waals surface area contributed by atoms with Crippen molar-refractivity contribution in [1.82, 2.24) is 0 Å². The lowest BCUT2D eigenvalue weighted by Crippen LogP contribution is -2.30. The van der Waals surface area contributed by atoms with E-state index in [4.69, 9.17) is 37.0 Å². The van der Waals surface area contributed by atoms with Crippen molar-refractivity contribution in [3.63, 3.8) is 0 Å². The summed E-state index contributed by atoms with van der Waals surface area (Å²) in [4.78, 5) is 70.9. The number of unbranched alkanes of at least 4 members (excludes halogenated alkanes) is 23. The van der Waals surface area contributed by atoms with E-state index in [0.29, 0.717) is 25.7 Å². The first-order valence-electron chi connectivity index (χ1n) is 27.1. The van der Waals surface area contributed by atoms with Crippen LogP contribution in [-0.2, 0) is 65.4 Å². The highest BCUT2D eigenvalue weighted by molar-refractivity contribution is 7.47. The Morgan fingerprint density at radius 3 is 0.971 bits per heavy atom. The Bertz CT molecular complexity index is 1400. The summed E-state index contributed by atoms with van der Waals surface area (Å²) in [5, 5.41) is 10.4. The molecule has 0 saturated heterocycles. The molecule has 3 N–H and O–H groups in total. The fourth-order valence-electron chi connectivity index (χ4n) is 7.28. The van der Waals surface area contributed by atoms with Crippen molar-refractivity contribution in [2.75, 3.05) is 39.6 Å². The molecule has 0 fully saturated rings. The number of aliphatic hydroxyl groups excluding tert-OH is 1. The summed E-state index contributed by atoms with van der Waals surface area (Å²) in [5.74, 6) is -1.43. The summed E-state index contributed by atoms with van der Waals surface area (Å²) in [6.45, 7) is 6.85. The SMILES string of the molecule is CCCCCCCCCC(=O)OC[C@H](COP(=O)(O)OC[C@@H](O)COP(=O)(O)OC[C@@H](COC(=O)CCCCCCC)OC(=O)CCCCCCC)OC(=O)CCCCCCCCCCCCC(C)C. The molecule has 2 unspecified atom stereocenters. The molecule has 414 valence electrons. The molecule has 0 spiro atoms. The molecule has 0 bridgehead atoms. The van der Waals surface area contributed by atoms with Gasteiger partial charge in [0.05, 0.1) is 26.4 Å². The summed E-state index contributed by atoms with van der Waals surface area (Å²) in [7, 11) is -9.84. The Balaban J connectivity index is 5.12. The summed E-state index contributed by atoms with van der Waals surface area (Å²) in [5.41, 5.74) is 0. The molecule has 0 aromatic carbocycles. The minimum atomic E-state index is -4.92. The van der Waals surface area contributed by atoms with Crippen LogP contribution in [0.4, 0.5) is 0 Å². The maximum absolute atomic E-state index is 12.8. The van der Waals surface area contributed by atoms with Gasteiger partial charge < -0.3 is 33.8 Å². The molecule has 5 atom stereocenters. The van der Waals surface area contributed by atoms with E-state index in [1.165, 1.54) is 44.9 Å². The molecule has 0 saturated carbocycles. The van der Waals surface area contributed by atoms with Gasteiger partial charge in [-0.05, 0) is 31.6 Å². The maximum Gasteiger partial charge on any atom is 0.472 e. The third-order valence-corrected chi connectivity index (χ3v) is 13.4. The van der Waals surface area contributed by atoms with E-state index >= 15 is 0 Å². The van der Waals surface area contributed by atoms with Gasteiger partial charge in [0, 0.05) is 25.7 Å². The number of aliphatic hydroxyl groups is 1. The lowest BCUT2D eigenvalue weighted by Gasteiger charge is -2.21. The van der Waals surface area contributed by atoms with Gasteiger partial charge in [-0.25, -0.2) is 9.13 Å². The van der Waals surface area contributed by atoms with Gasteiger partial charge in [-0.1, -0.05) is 189 Å². The number of carbonyl (C=O) groups is 4. The fourth-order valence-corrected chi connectivity index (χ4v) is 8.86. The monoisotopic (exact) mass is 1040 g/mol. The highest BCUT2D eigenvalue weighted by Gasteiger charge is 2.30. The largest absolute Gasteiger partial charge is 0.472 e. The second-order valence-electron chi connectivity index (χ2n) is 19.0. The van der Waals surface area contributed by atoms with Gasteiger partial charge in [-0.15, -0.1) is 0 Å². The summed E-state index contributed by atoms with van der Waals surface area (Å²) in [6, 6.07) is 0. The number of carbonyl (C=O) groups excluding carboxylic acids is 4. The number of hydrogen-bond donors (Lipinski definition) is 3. The van der Waals surface area contributed by atoms with Gasteiger partial charge in [0.25, 0.3) is 0 Å². The Morgan fingerprint density at radius 1 is 0.386 bits per heavy atom. The van der Waals surface area contributed by atoms with Gasteiger partial charge in [0.2, 0.25) is 0 Å². The standard InChI is InChI=1S/C51H98O17P2/c1-6-9-12-15-20-26-30-35-49(54)62-41-47(68-51(56)37-32-27-22-19-17-16-18-21-25-28-33-44(4)5)43-66-70(59,60)64-39-45(52)38-63-69(57,58)65-42-46(67-50(55)36-31-24-14-11-8-3)40-61-48(53)34-29-23-13-10-7-2/h44-47,52H,6-43H2,1-5H3,(H,57,58)(H,59,60)/t45-,46+,47+/m0/s1. The molecule has 0 aliphatic heterocycles. The highest BCUT2D eigenvalue weighted by Crippen LogP contribution is 2.45. The quantitative estimate of drug-likeness (QED) is 0.0222. The van der Waals surface area contributed by atoms with E-state index < -0.39 is 97.5 Å². The lowest BCUT2D eigenvalue weighted by atomic mass is 10.0. The predicted octanol–water partition coefficient (Wildman–Crippen LogP) is 12.7. The smallest absolute Gasteiger partial charge is 0.462 e. The van der Waals surface area contributed by atoms with Crippen LogP contribution in [-0.4, -0.2) is 96.7 Å². The number of hydrogen-bond acceptors (Lipinski definition) is 15. The Kier molecular flexibility index (Phi) is 44.4. The molecule has 0 aliphatic rings. The van der Waals surface area contributed by atoms with Crippen LogP contribution < -0.4 is 0 Å². The zero-order chi connectivity index (χ0) is 52.1. The summed E-state index contributed by atoms with van der Waals surface area (Å²) < 4.78 is 66.9. The van der Waals surface area contributed by atoms with Gasteiger partial charge in [0.1, 0.15) is 19.3 Å². The van der Waals surface area contributed by atoms with Crippen LogP contribution in [0.1, 0.15) is 240 Å². The average molecular weight is 1050 g/mol. The molecule has 0 aliphatic carbocycles. The molecule has 0 aromatic rings. The predicted molar refractivity (Wildman–Crippen MR) is 271 cm³/mol. The fraction of sp³-hybridized carbons (Fsp3) is 0.922. The Labute approximate surface area is 422 Å². The van der Waals surface area contributed by atoms with E-state index in [9.17, 15) is 43.2 Å². The van der Waals surface area contributed by atoms with E-state index in [2.05, 4.69) is 34.6 Å². The van der Waals surface area contributed by atoms with Crippen LogP contribution in [0, 0.1) is 5.92 Å². The van der Waals surface area contributed by atoms with Crippen molar-refractivity contribution in [3.05, 3.63) is 0 Å². The van der Waals surface area contributed by atoms with Crippen molar-refractivity contribution in [3.8, 4) is 0 Å². The minimum Gasteiger partial charge on any atom is -0.462 e. The van der Waals surface area contributed by atoms with Crippen molar-refractivity contribution >= 4 is 39.5 Å². The molecule has 70 heavy (non-hydrogen) atoms. The third-order valence-electron chi connectivity index (χ3n) is 11.5. The topological polar surface area (TPSA) is 237 Å². The van der Waals surface area contributed by atoms with Gasteiger partial charge in [0.15, 0.2) is 12.2 Å². The molecule has 17 nitrogen and oxygen atoms in total. The second-order valence-corrected chi connectivity index (χ2v) is 21.9. The zero-order valence-corrected chi connectivity index (χ0v) is 45.9. The van der Waals surface area contributed by atoms with Crippen molar-refractivity contribution in [2.45, 2.75) is 258 Å². The van der Waals surface area contributed by atoms with E-state index in [0.717, 1.165) is 115 Å². The van der Waals surface area contributed by atoms with E-state index in [1.807, 2.05) is 0 Å². The van der Waals surface area contributed by atoms with E-state index in [-0.39, 0.29) is 25.7 Å². The van der Waals surface area contributed by atoms with E-state index in [1.54, 1.807) is 0 Å². The summed E-state index contributed by atoms with van der Waals surface area (Å²) in [6.07, 6.45) is 24.7. The van der Waals surface area contributed by atoms with Crippen LogP contribution in [0.15, 0.2) is 0 Å². The highest BCUT2D eigenvalue weighted by atomic mass is 31.2. The molecule has 0 radical (unpaired) electrons. The van der Waals surface area contributed by atoms with Gasteiger partial charge in [-0.2, -0.15) is 0 Å². The number of ether oxygens (including phenoxy) is 4. The number of phosphoric ester groups is 2. The first-order valence-corrected chi connectivity index (χ1v) is 30.1. The van der Waals surface area contributed by atoms with Crippen LogP contribution in [0.3, 0.4) is 0 Å². The van der Waals surface area contributed by atoms with Crippen LogP contribution in [0.5, 0.6) is 0 Å². The molecule has 0 aromatic heterocycles. The molecule has 19 heteroatoms. The van der Waals surface area contributed by atoms with Gasteiger partial charge in [-0.3, -0.25) is 37.3 Å². The normalized spacial score (nSPS) is 14.6. The number of esters is 4. The van der Waals surface area contributed by atoms with Crippen molar-refractivity contribution in [2.24, 2.45) is 5.92 Å². The first-order chi connectivity index (χ1) is 33.5. The lowest BCUT2D eigenvalue weighted by molar-refractivity contribution is -0.161. The molecule has 0 amide bonds. The average Bonchev–Trinajstić information content (AvgIpc) is 3.31. The zero-order valence-electron chi connectivity index (χ0n) is 44.1. The van der Waals surface area contributed by atoms with Crippen molar-refractivity contribution in [1.29, 1.82) is 0 Å². The van der Waals surface area contributed by atoms with Crippen LogP contribution >= 0.6 is 15.6 Å². The number of rotatable bonds is 51. The third kappa shape index (κ3) is 45.9. The molecule has 0 heterocycles. The number of phosphoric acid groups is 2. The Morgan fingerprint density at radius 2 is 0.657 bits per heavy atom. The van der Waals surface area contributed by atoms with Crippen molar-refractivity contribution < 1.29 is 80.2 Å². The Hall–Kier alpha value is -1.94. The first kappa shape index (κ1) is 68.1. The minimum absolute atomic E-state index is 0.0985.